The Morgan fingerprint density at radius 3 is 1.37 bits per heavy atom. The predicted molar refractivity (Wildman–Crippen MR) is 198 cm³/mol. The highest BCUT2D eigenvalue weighted by Gasteiger charge is 2.26. The first-order valence-electron chi connectivity index (χ1n) is 19.9. The maximum Gasteiger partial charge on any atom is 0.266 e. The van der Waals surface area contributed by atoms with Crippen molar-refractivity contribution < 1.29 is 22.9 Å². The number of hydrogen-bond acceptors (Lipinski definition) is 4. The second-order valence-electron chi connectivity index (χ2n) is 13.9. The van der Waals surface area contributed by atoms with Crippen LogP contribution in [0.3, 0.4) is 0 Å². The van der Waals surface area contributed by atoms with E-state index in [1.54, 1.807) is 0 Å². The molecular formula is C39H77NO5S. The summed E-state index contributed by atoms with van der Waals surface area (Å²) in [7, 11) is -4.30. The zero-order valence-corrected chi connectivity index (χ0v) is 31.3. The molecule has 2 unspecified atom stereocenters. The topological polar surface area (TPSA) is 104 Å². The van der Waals surface area contributed by atoms with Gasteiger partial charge >= 0.3 is 0 Å². The van der Waals surface area contributed by atoms with Crippen LogP contribution in [-0.2, 0) is 14.9 Å². The maximum atomic E-state index is 12.5. The van der Waals surface area contributed by atoms with E-state index in [9.17, 15) is 22.9 Å². The average molecular weight is 672 g/mol. The zero-order chi connectivity index (χ0) is 34.0. The number of aliphatic hydroxyl groups is 1. The Labute approximate surface area is 286 Å². The minimum Gasteiger partial charge on any atom is -0.391 e. The van der Waals surface area contributed by atoms with Gasteiger partial charge in [-0.3, -0.25) is 9.35 Å². The number of nitrogens with one attached hydrogen (secondary N) is 1. The van der Waals surface area contributed by atoms with E-state index in [1.807, 2.05) is 0 Å². The molecule has 7 heteroatoms. The fourth-order valence-electron chi connectivity index (χ4n) is 6.20. The van der Waals surface area contributed by atoms with Crippen LogP contribution in [0, 0.1) is 0 Å². The van der Waals surface area contributed by atoms with E-state index in [-0.39, 0.29) is 5.91 Å². The number of allylic oxidation sites excluding steroid dienone is 2. The second-order valence-corrected chi connectivity index (χ2v) is 15.4. The number of unbranched alkanes of at least 4 members (excludes halogenated alkanes) is 26. The Kier molecular flexibility index (Phi) is 33.3. The van der Waals surface area contributed by atoms with Crippen LogP contribution in [0.5, 0.6) is 0 Å². The summed E-state index contributed by atoms with van der Waals surface area (Å²) in [6.45, 7) is 4.48. The molecule has 0 aromatic heterocycles. The third-order valence-electron chi connectivity index (χ3n) is 9.22. The Balaban J connectivity index is 3.81. The van der Waals surface area contributed by atoms with Gasteiger partial charge in [0.2, 0.25) is 5.91 Å². The van der Waals surface area contributed by atoms with Crippen molar-refractivity contribution in [1.82, 2.24) is 5.32 Å². The molecule has 0 aliphatic rings. The van der Waals surface area contributed by atoms with Crippen LogP contribution in [0.4, 0.5) is 0 Å². The SMILES string of the molecule is CCCC/C=C\CCCCCCCC(=O)NC(CS(=O)(=O)O)C(O)CCCCCCCCCCCCCCCCCCCCCC. The Bertz CT molecular complexity index is 785. The van der Waals surface area contributed by atoms with Crippen molar-refractivity contribution in [2.45, 2.75) is 225 Å². The molecule has 0 bridgehead atoms. The number of aliphatic hydroxyl groups excluding tert-OH is 1. The van der Waals surface area contributed by atoms with Crippen LogP contribution in [0.1, 0.15) is 213 Å². The van der Waals surface area contributed by atoms with E-state index in [0.29, 0.717) is 12.8 Å². The molecule has 6 nitrogen and oxygen atoms in total. The lowest BCUT2D eigenvalue weighted by atomic mass is 10.0. The monoisotopic (exact) mass is 672 g/mol. The van der Waals surface area contributed by atoms with Crippen molar-refractivity contribution in [3.05, 3.63) is 12.2 Å². The smallest absolute Gasteiger partial charge is 0.266 e. The molecule has 3 N–H and O–H groups in total. The van der Waals surface area contributed by atoms with Gasteiger partial charge in [0.05, 0.1) is 17.9 Å². The van der Waals surface area contributed by atoms with Gasteiger partial charge in [0, 0.05) is 6.42 Å². The van der Waals surface area contributed by atoms with Gasteiger partial charge in [0.25, 0.3) is 10.1 Å². The number of amides is 1. The van der Waals surface area contributed by atoms with Crippen molar-refractivity contribution in [3.63, 3.8) is 0 Å². The Morgan fingerprint density at radius 1 is 0.565 bits per heavy atom. The molecule has 0 aromatic carbocycles. The first kappa shape index (κ1) is 45.1. The predicted octanol–water partition coefficient (Wildman–Crippen LogP) is 11.4. The van der Waals surface area contributed by atoms with Crippen LogP contribution >= 0.6 is 0 Å². The summed E-state index contributed by atoms with van der Waals surface area (Å²) in [4.78, 5) is 12.5. The number of carbonyl (C=O) groups is 1. The van der Waals surface area contributed by atoms with Gasteiger partial charge in [0.1, 0.15) is 0 Å². The first-order chi connectivity index (χ1) is 22.3. The quantitative estimate of drug-likeness (QED) is 0.0349. The van der Waals surface area contributed by atoms with Crippen LogP contribution < -0.4 is 5.32 Å². The second kappa shape index (κ2) is 34.0. The molecule has 274 valence electrons. The highest BCUT2D eigenvalue weighted by Crippen LogP contribution is 2.16. The van der Waals surface area contributed by atoms with Crippen molar-refractivity contribution in [3.8, 4) is 0 Å². The third kappa shape index (κ3) is 34.4. The van der Waals surface area contributed by atoms with Gasteiger partial charge in [-0.05, 0) is 32.1 Å². The molecule has 2 atom stereocenters. The molecule has 0 aromatic rings. The van der Waals surface area contributed by atoms with Gasteiger partial charge in [-0.25, -0.2) is 0 Å². The van der Waals surface area contributed by atoms with E-state index >= 15 is 0 Å². The van der Waals surface area contributed by atoms with E-state index in [4.69, 9.17) is 0 Å². The van der Waals surface area contributed by atoms with Gasteiger partial charge in [-0.15, -0.1) is 0 Å². The standard InChI is InChI=1S/C39H77NO5S/c1-3-5-7-9-11-13-15-16-17-18-19-20-21-22-23-25-26-28-30-32-34-38(41)37(36-46(43,44)45)40-39(42)35-33-31-29-27-24-14-12-10-8-6-4-2/h10,12,37-38,41H,3-9,11,13-36H2,1-2H3,(H,40,42)(H,43,44,45)/b12-10-. The summed E-state index contributed by atoms with van der Waals surface area (Å²) >= 11 is 0. The van der Waals surface area contributed by atoms with Crippen LogP contribution in [0.2, 0.25) is 0 Å². The van der Waals surface area contributed by atoms with Crippen LogP contribution in [0.15, 0.2) is 12.2 Å². The van der Waals surface area contributed by atoms with Crippen molar-refractivity contribution in [2.75, 3.05) is 5.75 Å². The van der Waals surface area contributed by atoms with Crippen molar-refractivity contribution in [1.29, 1.82) is 0 Å². The number of hydrogen-bond donors (Lipinski definition) is 3. The van der Waals surface area contributed by atoms with E-state index in [2.05, 4.69) is 31.3 Å². The summed E-state index contributed by atoms with van der Waals surface area (Å²) in [5, 5.41) is 13.3. The van der Waals surface area contributed by atoms with E-state index in [1.165, 1.54) is 128 Å². The number of rotatable bonds is 36. The largest absolute Gasteiger partial charge is 0.391 e. The zero-order valence-electron chi connectivity index (χ0n) is 30.5. The lowest BCUT2D eigenvalue weighted by Crippen LogP contribution is -2.47. The minimum absolute atomic E-state index is 0.255. The fraction of sp³-hybridized carbons (Fsp3) is 0.923. The van der Waals surface area contributed by atoms with Crippen LogP contribution in [-0.4, -0.2) is 41.9 Å². The van der Waals surface area contributed by atoms with Gasteiger partial charge in [0.15, 0.2) is 0 Å². The molecule has 0 saturated heterocycles. The Morgan fingerprint density at radius 2 is 0.935 bits per heavy atom. The average Bonchev–Trinajstić information content (AvgIpc) is 3.01. The molecule has 0 saturated carbocycles. The fourth-order valence-corrected chi connectivity index (χ4v) is 6.96. The normalized spacial score (nSPS) is 13.4. The highest BCUT2D eigenvalue weighted by atomic mass is 32.2. The molecule has 1 amide bonds. The maximum absolute atomic E-state index is 12.5. The molecule has 0 aliphatic carbocycles. The summed E-state index contributed by atoms with van der Waals surface area (Å²) in [6, 6.07) is -0.970. The molecule has 0 fully saturated rings. The Hall–Kier alpha value is -0.920. The lowest BCUT2D eigenvalue weighted by Gasteiger charge is -2.23. The van der Waals surface area contributed by atoms with Crippen LogP contribution in [0.25, 0.3) is 0 Å². The number of carbonyl (C=O) groups excluding carboxylic acids is 1. The van der Waals surface area contributed by atoms with Gasteiger partial charge in [-0.1, -0.05) is 187 Å². The van der Waals surface area contributed by atoms with Crippen molar-refractivity contribution >= 4 is 16.0 Å². The molecular weight excluding hydrogens is 594 g/mol. The van der Waals surface area contributed by atoms with E-state index < -0.39 is 28.0 Å². The summed E-state index contributed by atoms with van der Waals surface area (Å²) in [5.41, 5.74) is 0. The summed E-state index contributed by atoms with van der Waals surface area (Å²) in [5.74, 6) is -0.903. The molecule has 46 heavy (non-hydrogen) atoms. The molecule has 0 rings (SSSR count). The first-order valence-corrected chi connectivity index (χ1v) is 21.5. The molecule has 0 spiro atoms. The van der Waals surface area contributed by atoms with E-state index in [0.717, 1.165) is 57.8 Å². The third-order valence-corrected chi connectivity index (χ3v) is 10.0. The highest BCUT2D eigenvalue weighted by molar-refractivity contribution is 7.85. The summed E-state index contributed by atoms with van der Waals surface area (Å²) in [6.07, 6.45) is 40.2. The van der Waals surface area contributed by atoms with Crippen molar-refractivity contribution in [2.24, 2.45) is 0 Å². The van der Waals surface area contributed by atoms with Gasteiger partial charge in [-0.2, -0.15) is 8.42 Å². The molecule has 0 heterocycles. The minimum atomic E-state index is -4.30. The van der Waals surface area contributed by atoms with Gasteiger partial charge < -0.3 is 10.4 Å². The molecule has 0 radical (unpaired) electrons. The lowest BCUT2D eigenvalue weighted by molar-refractivity contribution is -0.122. The molecule has 0 aliphatic heterocycles. The summed E-state index contributed by atoms with van der Waals surface area (Å²) < 4.78 is 32.4.